The quantitative estimate of drug-likeness (QED) is 0.594. The van der Waals surface area contributed by atoms with E-state index in [1.54, 1.807) is 0 Å². The fraction of sp³-hybridized carbons (Fsp3) is 0.273. The van der Waals surface area contributed by atoms with Gasteiger partial charge in [-0.3, -0.25) is 0 Å². The molecule has 0 heterocycles. The molecule has 0 saturated heterocycles. The SMILES string of the molecule is C=c1ccc(C)cc1=C.CC=C(C)C.Cc1ccc(C)cc1. The predicted molar refractivity (Wildman–Crippen MR) is 102 cm³/mol. The van der Waals surface area contributed by atoms with Gasteiger partial charge in [0, 0.05) is 0 Å². The van der Waals surface area contributed by atoms with Crippen LogP contribution in [-0.2, 0) is 0 Å². The summed E-state index contributed by atoms with van der Waals surface area (Å²) in [6.07, 6.45) is 2.08. The minimum Gasteiger partial charge on any atom is -0.0912 e. The second-order valence-corrected chi connectivity index (χ2v) is 5.79. The van der Waals surface area contributed by atoms with E-state index >= 15 is 0 Å². The van der Waals surface area contributed by atoms with Crippen LogP contribution >= 0.6 is 0 Å². The van der Waals surface area contributed by atoms with Gasteiger partial charge in [0.05, 0.1) is 0 Å². The first-order valence-electron chi connectivity index (χ1n) is 7.63. The van der Waals surface area contributed by atoms with Crippen molar-refractivity contribution in [2.45, 2.75) is 41.5 Å². The zero-order valence-electron chi connectivity index (χ0n) is 15.0. The Kier molecular flexibility index (Phi) is 9.61. The topological polar surface area (TPSA) is 0 Å². The third-order valence-electron chi connectivity index (χ3n) is 3.16. The lowest BCUT2D eigenvalue weighted by Crippen LogP contribution is -2.20. The van der Waals surface area contributed by atoms with Crippen molar-refractivity contribution in [2.75, 3.05) is 0 Å². The highest BCUT2D eigenvalue weighted by atomic mass is 13.9. The maximum absolute atomic E-state index is 3.82. The molecular weight excluding hydrogens is 264 g/mol. The molecule has 0 unspecified atom stereocenters. The molecule has 0 aromatic heterocycles. The molecule has 0 bridgehead atoms. The Morgan fingerprint density at radius 2 is 1.09 bits per heavy atom. The van der Waals surface area contributed by atoms with E-state index in [9.17, 15) is 0 Å². The fourth-order valence-electron chi connectivity index (χ4n) is 1.39. The van der Waals surface area contributed by atoms with Gasteiger partial charge in [0.2, 0.25) is 0 Å². The van der Waals surface area contributed by atoms with Crippen LogP contribution in [-0.4, -0.2) is 0 Å². The van der Waals surface area contributed by atoms with Crippen molar-refractivity contribution in [3.05, 3.63) is 81.2 Å². The lowest BCUT2D eigenvalue weighted by molar-refractivity contribution is 1.36. The summed E-state index contributed by atoms with van der Waals surface area (Å²) in [5, 5.41) is 2.04. The van der Waals surface area contributed by atoms with Crippen LogP contribution < -0.4 is 10.4 Å². The van der Waals surface area contributed by atoms with Gasteiger partial charge in [-0.05, 0) is 52.0 Å². The Labute approximate surface area is 136 Å². The van der Waals surface area contributed by atoms with E-state index in [2.05, 4.69) is 71.2 Å². The molecular formula is C22H30. The second kappa shape index (κ2) is 10.6. The molecule has 2 aromatic rings. The van der Waals surface area contributed by atoms with Gasteiger partial charge in [0.25, 0.3) is 0 Å². The Morgan fingerprint density at radius 1 is 0.727 bits per heavy atom. The summed E-state index contributed by atoms with van der Waals surface area (Å²) in [6.45, 7) is 20.1. The zero-order valence-corrected chi connectivity index (χ0v) is 15.0. The summed E-state index contributed by atoms with van der Waals surface area (Å²) in [5.74, 6) is 0. The van der Waals surface area contributed by atoms with E-state index in [1.807, 2.05) is 32.0 Å². The Bertz CT molecular complexity index is 648. The van der Waals surface area contributed by atoms with E-state index < -0.39 is 0 Å². The fourth-order valence-corrected chi connectivity index (χ4v) is 1.39. The van der Waals surface area contributed by atoms with Gasteiger partial charge in [-0.1, -0.05) is 84.0 Å². The Morgan fingerprint density at radius 3 is 1.36 bits per heavy atom. The van der Waals surface area contributed by atoms with E-state index in [0.717, 1.165) is 10.4 Å². The maximum Gasteiger partial charge on any atom is -0.0259 e. The molecule has 0 atom stereocenters. The number of hydrogen-bond acceptors (Lipinski definition) is 0. The molecule has 22 heavy (non-hydrogen) atoms. The highest BCUT2D eigenvalue weighted by Crippen LogP contribution is 1.99. The monoisotopic (exact) mass is 294 g/mol. The normalized spacial score (nSPS) is 8.82. The number of allylic oxidation sites excluding steroid dienone is 2. The van der Waals surface area contributed by atoms with E-state index in [1.165, 1.54) is 22.3 Å². The molecule has 2 aromatic carbocycles. The van der Waals surface area contributed by atoms with Crippen LogP contribution in [0.2, 0.25) is 0 Å². The first kappa shape index (κ1) is 19.9. The van der Waals surface area contributed by atoms with Gasteiger partial charge in [-0.25, -0.2) is 0 Å². The highest BCUT2D eigenvalue weighted by molar-refractivity contribution is 5.21. The Hall–Kier alpha value is -2.08. The van der Waals surface area contributed by atoms with Gasteiger partial charge >= 0.3 is 0 Å². The van der Waals surface area contributed by atoms with Gasteiger partial charge in [-0.2, -0.15) is 0 Å². The molecule has 0 fully saturated rings. The summed E-state index contributed by atoms with van der Waals surface area (Å²) in [4.78, 5) is 0. The second-order valence-electron chi connectivity index (χ2n) is 5.79. The molecule has 0 nitrogen and oxygen atoms in total. The highest BCUT2D eigenvalue weighted by Gasteiger charge is 1.80. The van der Waals surface area contributed by atoms with Gasteiger partial charge in [0.15, 0.2) is 0 Å². The molecule has 0 radical (unpaired) electrons. The average molecular weight is 294 g/mol. The van der Waals surface area contributed by atoms with Gasteiger partial charge < -0.3 is 0 Å². The number of benzene rings is 2. The van der Waals surface area contributed by atoms with Crippen LogP contribution in [0.1, 0.15) is 37.5 Å². The predicted octanol–water partition coefficient (Wildman–Crippen LogP) is 5.09. The van der Waals surface area contributed by atoms with Crippen LogP contribution in [0.4, 0.5) is 0 Å². The molecule has 0 N–H and O–H groups in total. The summed E-state index contributed by atoms with van der Waals surface area (Å²) in [7, 11) is 0. The minimum absolute atomic E-state index is 1.01. The molecule has 0 amide bonds. The van der Waals surface area contributed by atoms with Crippen LogP contribution in [0.5, 0.6) is 0 Å². The maximum atomic E-state index is 3.82. The molecule has 0 heteroatoms. The number of aryl methyl sites for hydroxylation is 3. The molecule has 0 aliphatic heterocycles. The standard InChI is InChI=1S/C9H10.C8H10.C5H10/c1-7-4-5-8(2)9(3)6-7;1-7-3-5-8(2)6-4-7;1-4-5(2)3/h4-6H,2-3H2,1H3;3-6H,1-2H3;4H,1-3H3. The third-order valence-corrected chi connectivity index (χ3v) is 3.16. The largest absolute Gasteiger partial charge is 0.0912 e. The number of rotatable bonds is 0. The van der Waals surface area contributed by atoms with Crippen molar-refractivity contribution in [3.8, 4) is 0 Å². The van der Waals surface area contributed by atoms with Crippen molar-refractivity contribution < 1.29 is 0 Å². The van der Waals surface area contributed by atoms with Crippen LogP contribution in [0, 0.1) is 20.8 Å². The summed E-state index contributed by atoms with van der Waals surface area (Å²) in [5.41, 5.74) is 5.28. The van der Waals surface area contributed by atoms with Crippen molar-refractivity contribution in [1.82, 2.24) is 0 Å². The third kappa shape index (κ3) is 9.77. The zero-order chi connectivity index (χ0) is 17.1. The van der Waals surface area contributed by atoms with Gasteiger partial charge in [-0.15, -0.1) is 0 Å². The van der Waals surface area contributed by atoms with Crippen LogP contribution in [0.3, 0.4) is 0 Å². The smallest absolute Gasteiger partial charge is 0.0259 e. The summed E-state index contributed by atoms with van der Waals surface area (Å²) in [6, 6.07) is 14.5. The number of hydrogen-bond donors (Lipinski definition) is 0. The lowest BCUT2D eigenvalue weighted by atomic mass is 10.2. The van der Waals surface area contributed by atoms with E-state index in [0.29, 0.717) is 0 Å². The van der Waals surface area contributed by atoms with Crippen molar-refractivity contribution in [1.29, 1.82) is 0 Å². The molecule has 0 saturated carbocycles. The van der Waals surface area contributed by atoms with E-state index in [4.69, 9.17) is 0 Å². The molecule has 0 aliphatic carbocycles. The average Bonchev–Trinajstić information content (AvgIpc) is 2.47. The molecule has 0 aliphatic rings. The van der Waals surface area contributed by atoms with Crippen molar-refractivity contribution in [3.63, 3.8) is 0 Å². The van der Waals surface area contributed by atoms with Crippen LogP contribution in [0.15, 0.2) is 54.1 Å². The Balaban J connectivity index is 0.000000315. The molecule has 118 valence electrons. The molecule has 2 rings (SSSR count). The lowest BCUT2D eigenvalue weighted by Gasteiger charge is -1.90. The minimum atomic E-state index is 1.01. The van der Waals surface area contributed by atoms with Crippen molar-refractivity contribution in [2.24, 2.45) is 0 Å². The van der Waals surface area contributed by atoms with Crippen molar-refractivity contribution >= 4 is 13.2 Å². The van der Waals surface area contributed by atoms with Gasteiger partial charge in [0.1, 0.15) is 0 Å². The summed E-state index contributed by atoms with van der Waals surface area (Å²) < 4.78 is 0. The first-order chi connectivity index (χ1) is 10.3. The van der Waals surface area contributed by atoms with Crippen LogP contribution in [0.25, 0.3) is 13.2 Å². The van der Waals surface area contributed by atoms with E-state index in [-0.39, 0.29) is 0 Å². The molecule has 0 spiro atoms. The summed E-state index contributed by atoms with van der Waals surface area (Å²) >= 11 is 0. The first-order valence-corrected chi connectivity index (χ1v) is 7.63.